The van der Waals surface area contributed by atoms with Crippen molar-refractivity contribution < 1.29 is 0 Å². The Kier molecular flexibility index (Phi) is 7.67. The molecule has 5 rings (SSSR count). The third kappa shape index (κ3) is 4.84. The molecule has 0 radical (unpaired) electrons. The molecule has 194 valence electrons. The summed E-state index contributed by atoms with van der Waals surface area (Å²) in [6.45, 7) is 7.74. The first-order valence-corrected chi connectivity index (χ1v) is 14.4. The number of likely N-dealkylation sites (N-methyl/N-ethyl adjacent to an activating group) is 2. The molecule has 5 fully saturated rings. The first kappa shape index (κ1) is 25.1. The first-order valence-electron chi connectivity index (χ1n) is 14.0. The predicted molar refractivity (Wildman–Crippen MR) is 140 cm³/mol. The molecule has 5 aliphatic rings. The van der Waals surface area contributed by atoms with E-state index in [4.69, 9.17) is 17.0 Å². The van der Waals surface area contributed by atoms with Gasteiger partial charge in [0.05, 0.1) is 23.9 Å². The number of guanidine groups is 1. The topological polar surface area (TPSA) is 69.7 Å². The number of alkyl halides is 1. The maximum Gasteiger partial charge on any atom is 0.195 e. The van der Waals surface area contributed by atoms with Crippen molar-refractivity contribution in [2.75, 3.05) is 33.7 Å². The van der Waals surface area contributed by atoms with Crippen molar-refractivity contribution in [1.82, 2.24) is 30.7 Å². The van der Waals surface area contributed by atoms with Crippen molar-refractivity contribution in [1.29, 1.82) is 5.41 Å². The van der Waals surface area contributed by atoms with E-state index in [-0.39, 0.29) is 11.7 Å². The van der Waals surface area contributed by atoms with E-state index >= 15 is 0 Å². The molecule has 0 aromatic rings. The van der Waals surface area contributed by atoms with Crippen LogP contribution >= 0.6 is 11.6 Å². The van der Waals surface area contributed by atoms with Gasteiger partial charge < -0.3 is 9.80 Å². The maximum atomic E-state index is 8.92. The van der Waals surface area contributed by atoms with Gasteiger partial charge in [0.2, 0.25) is 0 Å². The lowest BCUT2D eigenvalue weighted by Crippen LogP contribution is -2.67. The predicted octanol–water partition coefficient (Wildman–Crippen LogP) is 3.08. The number of fused-ring (bicyclic) bond motifs is 1. The molecule has 3 heterocycles. The molecule has 0 bridgehead atoms. The van der Waals surface area contributed by atoms with Gasteiger partial charge in [-0.25, -0.2) is 0 Å². The van der Waals surface area contributed by atoms with E-state index in [1.165, 1.54) is 51.4 Å². The SMILES string of the molecule is CC(C)C1CCCCC1C1NCC2C(N1)N(CC1CCC(C3NC(Cl)CN3C)CC1)C(=N)N2C. The van der Waals surface area contributed by atoms with Gasteiger partial charge in [-0.15, -0.1) is 11.6 Å². The van der Waals surface area contributed by atoms with Crippen LogP contribution in [0.5, 0.6) is 0 Å². The lowest BCUT2D eigenvalue weighted by molar-refractivity contribution is 0.0598. The van der Waals surface area contributed by atoms with Crippen LogP contribution in [0.2, 0.25) is 0 Å². The molecule has 7 unspecified atom stereocenters. The van der Waals surface area contributed by atoms with E-state index in [0.29, 0.717) is 42.1 Å². The second-order valence-electron chi connectivity index (χ2n) is 12.3. The Bertz CT molecular complexity index is 711. The zero-order chi connectivity index (χ0) is 24.0. The zero-order valence-electron chi connectivity index (χ0n) is 21.8. The monoisotopic (exact) mass is 493 g/mol. The molecule has 3 saturated heterocycles. The normalized spacial score (nSPS) is 44.2. The maximum absolute atomic E-state index is 8.92. The van der Waals surface area contributed by atoms with Gasteiger partial charge in [0.25, 0.3) is 0 Å². The highest BCUT2D eigenvalue weighted by molar-refractivity contribution is 6.20. The van der Waals surface area contributed by atoms with Crippen LogP contribution in [0.25, 0.3) is 0 Å². The van der Waals surface area contributed by atoms with E-state index in [1.54, 1.807) is 0 Å². The summed E-state index contributed by atoms with van der Waals surface area (Å²) in [5, 5.41) is 20.4. The molecular formula is C26H48ClN7. The number of halogens is 1. The Morgan fingerprint density at radius 1 is 1.00 bits per heavy atom. The lowest BCUT2D eigenvalue weighted by atomic mass is 9.71. The number of hydrogen-bond donors (Lipinski definition) is 4. The molecule has 7 nitrogen and oxygen atoms in total. The number of hydrogen-bond acceptors (Lipinski definition) is 5. The number of nitrogens with one attached hydrogen (secondary N) is 4. The van der Waals surface area contributed by atoms with Crippen LogP contribution in [-0.4, -0.2) is 84.4 Å². The average molecular weight is 494 g/mol. The highest BCUT2D eigenvalue weighted by atomic mass is 35.5. The molecule has 0 spiro atoms. The zero-order valence-corrected chi connectivity index (χ0v) is 22.5. The highest BCUT2D eigenvalue weighted by Gasteiger charge is 2.48. The quantitative estimate of drug-likeness (QED) is 0.348. The van der Waals surface area contributed by atoms with Gasteiger partial charge in [-0.3, -0.25) is 26.3 Å². The van der Waals surface area contributed by atoms with Crippen molar-refractivity contribution in [2.24, 2.45) is 29.6 Å². The van der Waals surface area contributed by atoms with E-state index in [0.717, 1.165) is 31.5 Å². The van der Waals surface area contributed by atoms with Crippen molar-refractivity contribution >= 4 is 17.6 Å². The molecule has 7 atom stereocenters. The smallest absolute Gasteiger partial charge is 0.195 e. The minimum atomic E-state index is 0.0867. The van der Waals surface area contributed by atoms with Crippen LogP contribution in [0.3, 0.4) is 0 Å². The average Bonchev–Trinajstić information content (AvgIpc) is 3.30. The van der Waals surface area contributed by atoms with Gasteiger partial charge in [-0.2, -0.15) is 0 Å². The fourth-order valence-corrected chi connectivity index (χ4v) is 8.30. The Balaban J connectivity index is 1.20. The third-order valence-electron chi connectivity index (χ3n) is 9.93. The standard InChI is InChI=1S/C26H48ClN7/c1-16(2)19-7-5-6-8-20(19)23-29-13-21-25(31-23)34(26(28)33(21)4)14-17-9-11-18(12-10-17)24-30-22(27)15-32(24)3/h16-25,28-31H,5-15H2,1-4H3. The minimum Gasteiger partial charge on any atom is -0.338 e. The largest absolute Gasteiger partial charge is 0.338 e. The molecule has 2 saturated carbocycles. The van der Waals surface area contributed by atoms with Crippen LogP contribution < -0.4 is 16.0 Å². The van der Waals surface area contributed by atoms with E-state index < -0.39 is 0 Å². The van der Waals surface area contributed by atoms with Crippen LogP contribution in [0, 0.1) is 35.0 Å². The second-order valence-corrected chi connectivity index (χ2v) is 12.8. The fraction of sp³-hybridized carbons (Fsp3) is 0.962. The molecule has 8 heteroatoms. The Hall–Kier alpha value is -0.600. The summed E-state index contributed by atoms with van der Waals surface area (Å²) in [6.07, 6.45) is 11.5. The van der Waals surface area contributed by atoms with Gasteiger partial charge in [0.15, 0.2) is 5.96 Å². The van der Waals surface area contributed by atoms with Gasteiger partial charge in [-0.05, 0) is 75.2 Å². The first-order chi connectivity index (χ1) is 16.3. The van der Waals surface area contributed by atoms with Crippen LogP contribution in [0.4, 0.5) is 0 Å². The molecule has 0 amide bonds. The molecule has 34 heavy (non-hydrogen) atoms. The van der Waals surface area contributed by atoms with Crippen LogP contribution in [0.15, 0.2) is 0 Å². The van der Waals surface area contributed by atoms with Gasteiger partial charge >= 0.3 is 0 Å². The molecule has 3 aliphatic heterocycles. The molecule has 0 aromatic carbocycles. The molecule has 4 N–H and O–H groups in total. The van der Waals surface area contributed by atoms with Gasteiger partial charge in [0.1, 0.15) is 6.17 Å². The van der Waals surface area contributed by atoms with Crippen molar-refractivity contribution in [3.05, 3.63) is 0 Å². The Labute approximate surface area is 212 Å². The van der Waals surface area contributed by atoms with E-state index in [1.807, 2.05) is 0 Å². The van der Waals surface area contributed by atoms with Crippen LogP contribution in [-0.2, 0) is 0 Å². The summed E-state index contributed by atoms with van der Waals surface area (Å²) >= 11 is 6.35. The van der Waals surface area contributed by atoms with Crippen LogP contribution in [0.1, 0.15) is 65.2 Å². The fourth-order valence-electron chi connectivity index (χ4n) is 7.95. The molecule has 2 aliphatic carbocycles. The lowest BCUT2D eigenvalue weighted by Gasteiger charge is -2.46. The summed E-state index contributed by atoms with van der Waals surface area (Å²) in [7, 11) is 4.31. The summed E-state index contributed by atoms with van der Waals surface area (Å²) in [6, 6.07) is 0.346. The van der Waals surface area contributed by atoms with Crippen molar-refractivity contribution in [3.63, 3.8) is 0 Å². The van der Waals surface area contributed by atoms with Crippen molar-refractivity contribution in [3.8, 4) is 0 Å². The van der Waals surface area contributed by atoms with Gasteiger partial charge in [-0.1, -0.05) is 26.7 Å². The number of rotatable bonds is 5. The number of nitrogens with zero attached hydrogens (tertiary/aromatic N) is 3. The summed E-state index contributed by atoms with van der Waals surface area (Å²) in [5.41, 5.74) is 0.0867. The third-order valence-corrected chi connectivity index (χ3v) is 10.2. The second kappa shape index (κ2) is 10.4. The van der Waals surface area contributed by atoms with E-state index in [9.17, 15) is 0 Å². The summed E-state index contributed by atoms with van der Waals surface area (Å²) < 4.78 is 0. The minimum absolute atomic E-state index is 0.0867. The van der Waals surface area contributed by atoms with Crippen molar-refractivity contribution in [2.45, 2.75) is 95.3 Å². The highest BCUT2D eigenvalue weighted by Crippen LogP contribution is 2.39. The Morgan fingerprint density at radius 2 is 1.74 bits per heavy atom. The summed E-state index contributed by atoms with van der Waals surface area (Å²) in [5.74, 6) is 4.32. The molecular weight excluding hydrogens is 446 g/mol. The van der Waals surface area contributed by atoms with E-state index in [2.05, 4.69) is 58.6 Å². The molecule has 0 aromatic heterocycles. The Morgan fingerprint density at radius 3 is 2.41 bits per heavy atom. The van der Waals surface area contributed by atoms with Gasteiger partial charge in [0, 0.05) is 26.7 Å². The summed E-state index contributed by atoms with van der Waals surface area (Å²) in [4.78, 5) is 7.00.